The molecule has 2 aromatic rings. The van der Waals surface area contributed by atoms with Crippen LogP contribution in [0.25, 0.3) is 5.69 Å². The van der Waals surface area contributed by atoms with Crippen molar-refractivity contribution in [2.45, 2.75) is 13.1 Å². The van der Waals surface area contributed by atoms with E-state index in [1.165, 1.54) is 0 Å². The van der Waals surface area contributed by atoms with Crippen molar-refractivity contribution in [1.29, 1.82) is 0 Å². The fourth-order valence-electron chi connectivity index (χ4n) is 1.64. The summed E-state index contributed by atoms with van der Waals surface area (Å²) < 4.78 is 38.8. The third-order valence-electron chi connectivity index (χ3n) is 2.58. The first kappa shape index (κ1) is 13.5. The summed E-state index contributed by atoms with van der Waals surface area (Å²) in [5.74, 6) is 0. The SMILES string of the molecule is Cc1ccc(C(N)=S)c(-n2cc(C(F)(F)F)cn2)c1. The summed E-state index contributed by atoms with van der Waals surface area (Å²) in [5.41, 5.74) is 6.54. The monoisotopic (exact) mass is 285 g/mol. The van der Waals surface area contributed by atoms with Crippen LogP contribution in [0.4, 0.5) is 13.2 Å². The molecule has 100 valence electrons. The normalized spacial score (nSPS) is 11.6. The molecule has 0 aliphatic rings. The van der Waals surface area contributed by atoms with Crippen LogP contribution in [0.2, 0.25) is 0 Å². The molecule has 1 heterocycles. The Bertz CT molecular complexity index is 631. The standard InChI is InChI=1S/C12H10F3N3S/c1-7-2-3-9(11(16)19)10(4-7)18-6-8(5-17-18)12(13,14)15/h2-6H,1H3,(H2,16,19). The van der Waals surface area contributed by atoms with Crippen molar-refractivity contribution >= 4 is 17.2 Å². The molecule has 3 nitrogen and oxygen atoms in total. The Balaban J connectivity index is 2.55. The minimum Gasteiger partial charge on any atom is -0.389 e. The van der Waals surface area contributed by atoms with Gasteiger partial charge >= 0.3 is 6.18 Å². The molecule has 0 radical (unpaired) electrons. The number of aromatic nitrogens is 2. The van der Waals surface area contributed by atoms with Crippen molar-refractivity contribution in [2.24, 2.45) is 5.73 Å². The van der Waals surface area contributed by atoms with Gasteiger partial charge in [-0.2, -0.15) is 18.3 Å². The topological polar surface area (TPSA) is 43.8 Å². The van der Waals surface area contributed by atoms with Crippen molar-refractivity contribution in [1.82, 2.24) is 9.78 Å². The lowest BCUT2D eigenvalue weighted by molar-refractivity contribution is -0.137. The zero-order chi connectivity index (χ0) is 14.2. The van der Waals surface area contributed by atoms with Gasteiger partial charge in [0.05, 0.1) is 17.4 Å². The van der Waals surface area contributed by atoms with Gasteiger partial charge in [-0.3, -0.25) is 0 Å². The van der Waals surface area contributed by atoms with Gasteiger partial charge in [-0.15, -0.1) is 0 Å². The van der Waals surface area contributed by atoms with E-state index < -0.39 is 11.7 Å². The molecule has 2 N–H and O–H groups in total. The molecule has 19 heavy (non-hydrogen) atoms. The smallest absolute Gasteiger partial charge is 0.389 e. The Hall–Kier alpha value is -1.89. The highest BCUT2D eigenvalue weighted by atomic mass is 32.1. The first-order valence-electron chi connectivity index (χ1n) is 5.32. The number of nitrogens with zero attached hydrogens (tertiary/aromatic N) is 2. The number of halogens is 3. The second-order valence-electron chi connectivity index (χ2n) is 4.06. The molecule has 0 amide bonds. The molecular formula is C12H10F3N3S. The van der Waals surface area contributed by atoms with Crippen LogP contribution >= 0.6 is 12.2 Å². The molecule has 7 heteroatoms. The molecular weight excluding hydrogens is 275 g/mol. The highest BCUT2D eigenvalue weighted by molar-refractivity contribution is 7.80. The van der Waals surface area contributed by atoms with Gasteiger partial charge in [-0.1, -0.05) is 18.3 Å². The summed E-state index contributed by atoms with van der Waals surface area (Å²) in [5, 5.41) is 3.72. The number of benzene rings is 1. The molecule has 0 aliphatic heterocycles. The van der Waals surface area contributed by atoms with Crippen LogP contribution in [-0.2, 0) is 6.18 Å². The Morgan fingerprint density at radius 1 is 1.37 bits per heavy atom. The molecule has 0 spiro atoms. The van der Waals surface area contributed by atoms with Crippen LogP contribution < -0.4 is 5.73 Å². The van der Waals surface area contributed by atoms with E-state index in [1.807, 2.05) is 6.92 Å². The van der Waals surface area contributed by atoms with Gasteiger partial charge in [-0.25, -0.2) is 4.68 Å². The van der Waals surface area contributed by atoms with Crippen molar-refractivity contribution < 1.29 is 13.2 Å². The Kier molecular flexibility index (Phi) is 3.32. The van der Waals surface area contributed by atoms with Crippen LogP contribution in [0.5, 0.6) is 0 Å². The summed E-state index contributed by atoms with van der Waals surface area (Å²) >= 11 is 4.89. The number of rotatable bonds is 2. The van der Waals surface area contributed by atoms with Crippen molar-refractivity contribution in [3.63, 3.8) is 0 Å². The first-order valence-corrected chi connectivity index (χ1v) is 5.72. The zero-order valence-corrected chi connectivity index (χ0v) is 10.7. The zero-order valence-electron chi connectivity index (χ0n) is 9.90. The largest absolute Gasteiger partial charge is 0.419 e. The summed E-state index contributed by atoms with van der Waals surface area (Å²) in [7, 11) is 0. The number of hydrogen-bond acceptors (Lipinski definition) is 2. The summed E-state index contributed by atoms with van der Waals surface area (Å²) in [6.45, 7) is 1.82. The lowest BCUT2D eigenvalue weighted by atomic mass is 10.1. The maximum atomic E-state index is 12.6. The highest BCUT2D eigenvalue weighted by Crippen LogP contribution is 2.29. The third kappa shape index (κ3) is 2.76. The average molecular weight is 285 g/mol. The minimum atomic E-state index is -4.43. The number of thiocarbonyl (C=S) groups is 1. The van der Waals surface area contributed by atoms with Crippen LogP contribution in [0.15, 0.2) is 30.6 Å². The fraction of sp³-hybridized carbons (Fsp3) is 0.167. The summed E-state index contributed by atoms with van der Waals surface area (Å²) in [6, 6.07) is 5.13. The highest BCUT2D eigenvalue weighted by Gasteiger charge is 2.32. The van der Waals surface area contributed by atoms with Crippen molar-refractivity contribution in [3.05, 3.63) is 47.3 Å². The Labute approximate surface area is 112 Å². The van der Waals surface area contributed by atoms with Gasteiger partial charge in [0.1, 0.15) is 4.99 Å². The van der Waals surface area contributed by atoms with Gasteiger partial charge in [-0.05, 0) is 24.6 Å². The predicted octanol–water partition coefficient (Wildman–Crippen LogP) is 2.83. The molecule has 0 atom stereocenters. The molecule has 0 aliphatic carbocycles. The van der Waals surface area contributed by atoms with Crippen LogP contribution in [0.3, 0.4) is 0 Å². The molecule has 0 saturated carbocycles. The van der Waals surface area contributed by atoms with Gasteiger partial charge < -0.3 is 5.73 Å². The second kappa shape index (κ2) is 4.65. The summed E-state index contributed by atoms with van der Waals surface area (Å²) in [4.78, 5) is 0.110. The van der Waals surface area contributed by atoms with E-state index in [0.717, 1.165) is 22.6 Å². The van der Waals surface area contributed by atoms with E-state index in [-0.39, 0.29) is 4.99 Å². The number of hydrogen-bond donors (Lipinski definition) is 1. The lowest BCUT2D eigenvalue weighted by Gasteiger charge is -2.09. The van der Waals surface area contributed by atoms with E-state index in [2.05, 4.69) is 5.10 Å². The second-order valence-corrected chi connectivity index (χ2v) is 4.50. The lowest BCUT2D eigenvalue weighted by Crippen LogP contribution is -2.14. The molecule has 0 bridgehead atoms. The predicted molar refractivity (Wildman–Crippen MR) is 69.2 cm³/mol. The van der Waals surface area contributed by atoms with Crippen LogP contribution in [-0.4, -0.2) is 14.8 Å². The molecule has 0 fully saturated rings. The van der Waals surface area contributed by atoms with E-state index in [0.29, 0.717) is 11.3 Å². The summed E-state index contributed by atoms with van der Waals surface area (Å²) in [6.07, 6.45) is -2.74. The molecule has 1 aromatic heterocycles. The maximum Gasteiger partial charge on any atom is 0.419 e. The molecule has 0 unspecified atom stereocenters. The average Bonchev–Trinajstić information content (AvgIpc) is 2.77. The Morgan fingerprint density at radius 3 is 2.58 bits per heavy atom. The maximum absolute atomic E-state index is 12.6. The van der Waals surface area contributed by atoms with E-state index >= 15 is 0 Å². The molecule has 2 rings (SSSR count). The number of alkyl halides is 3. The van der Waals surface area contributed by atoms with Crippen molar-refractivity contribution in [2.75, 3.05) is 0 Å². The molecule has 0 saturated heterocycles. The van der Waals surface area contributed by atoms with Gasteiger partial charge in [0, 0.05) is 11.8 Å². The van der Waals surface area contributed by atoms with E-state index in [4.69, 9.17) is 18.0 Å². The number of nitrogens with two attached hydrogens (primary N) is 1. The molecule has 1 aromatic carbocycles. The van der Waals surface area contributed by atoms with E-state index in [9.17, 15) is 13.2 Å². The van der Waals surface area contributed by atoms with Gasteiger partial charge in [0.15, 0.2) is 0 Å². The van der Waals surface area contributed by atoms with Crippen LogP contribution in [0.1, 0.15) is 16.7 Å². The van der Waals surface area contributed by atoms with Crippen LogP contribution in [0, 0.1) is 6.92 Å². The van der Waals surface area contributed by atoms with Gasteiger partial charge in [0.2, 0.25) is 0 Å². The van der Waals surface area contributed by atoms with Crippen molar-refractivity contribution in [3.8, 4) is 5.69 Å². The Morgan fingerprint density at radius 2 is 2.05 bits per heavy atom. The quantitative estimate of drug-likeness (QED) is 0.863. The number of aryl methyl sites for hydroxylation is 1. The van der Waals surface area contributed by atoms with E-state index in [1.54, 1.807) is 18.2 Å². The fourth-order valence-corrected chi connectivity index (χ4v) is 1.81. The first-order chi connectivity index (χ1) is 8.79. The van der Waals surface area contributed by atoms with Gasteiger partial charge in [0.25, 0.3) is 0 Å². The third-order valence-corrected chi connectivity index (χ3v) is 2.80. The minimum absolute atomic E-state index is 0.110.